The van der Waals surface area contributed by atoms with Crippen molar-refractivity contribution in [2.45, 2.75) is 6.92 Å². The van der Waals surface area contributed by atoms with E-state index in [2.05, 4.69) is 0 Å². The largest absolute Gasteiger partial charge is 0.337 e. The Morgan fingerprint density at radius 2 is 1.60 bits per heavy atom. The van der Waals surface area contributed by atoms with Crippen LogP contribution in [0.25, 0.3) is 0 Å². The quantitative estimate of drug-likeness (QED) is 0.842. The summed E-state index contributed by atoms with van der Waals surface area (Å²) < 4.78 is 40.9. The van der Waals surface area contributed by atoms with Crippen molar-refractivity contribution < 1.29 is 13.2 Å². The van der Waals surface area contributed by atoms with Crippen LogP contribution in [0.15, 0.2) is 36.4 Å². The summed E-state index contributed by atoms with van der Waals surface area (Å²) >= 11 is 0. The Balaban J connectivity index is 2.53. The lowest BCUT2D eigenvalue weighted by Gasteiger charge is -2.24. The summed E-state index contributed by atoms with van der Waals surface area (Å²) in [6.07, 6.45) is 0. The van der Waals surface area contributed by atoms with Gasteiger partial charge in [0.15, 0.2) is 11.6 Å². The molecule has 0 saturated heterocycles. The molecule has 2 aromatic rings. The fourth-order valence-electron chi connectivity index (χ4n) is 1.98. The van der Waals surface area contributed by atoms with Gasteiger partial charge in [-0.3, -0.25) is 0 Å². The normalized spacial score (nSPS) is 10.2. The number of nitriles is 1. The molecule has 0 aliphatic heterocycles. The molecule has 0 fully saturated rings. The van der Waals surface area contributed by atoms with E-state index in [0.29, 0.717) is 12.2 Å². The van der Waals surface area contributed by atoms with Crippen molar-refractivity contribution >= 4 is 11.4 Å². The minimum absolute atomic E-state index is 0.0843. The smallest absolute Gasteiger partial charge is 0.151 e. The highest BCUT2D eigenvalue weighted by Crippen LogP contribution is 2.31. The highest BCUT2D eigenvalue weighted by Gasteiger charge is 2.18. The predicted octanol–water partition coefficient (Wildman–Crippen LogP) is 4.13. The molecular weight excluding hydrogens is 265 g/mol. The van der Waals surface area contributed by atoms with Crippen molar-refractivity contribution in [2.24, 2.45) is 0 Å². The van der Waals surface area contributed by atoms with E-state index in [0.717, 1.165) is 12.1 Å². The van der Waals surface area contributed by atoms with E-state index in [4.69, 9.17) is 5.26 Å². The molecule has 0 aromatic heterocycles. The van der Waals surface area contributed by atoms with Gasteiger partial charge in [0, 0.05) is 12.2 Å². The number of hydrogen-bond donors (Lipinski definition) is 0. The Morgan fingerprint density at radius 1 is 1.05 bits per heavy atom. The summed E-state index contributed by atoms with van der Waals surface area (Å²) in [7, 11) is 0. The van der Waals surface area contributed by atoms with Crippen molar-refractivity contribution in [1.82, 2.24) is 0 Å². The van der Waals surface area contributed by atoms with Gasteiger partial charge in [0.1, 0.15) is 11.5 Å². The first-order valence-electron chi connectivity index (χ1n) is 5.99. The molecule has 0 aliphatic rings. The number of benzene rings is 2. The maximum atomic E-state index is 14.0. The fourth-order valence-corrected chi connectivity index (χ4v) is 1.98. The van der Waals surface area contributed by atoms with Crippen molar-refractivity contribution in [2.75, 3.05) is 11.4 Å². The number of halogens is 3. The molecule has 20 heavy (non-hydrogen) atoms. The van der Waals surface area contributed by atoms with Gasteiger partial charge >= 0.3 is 0 Å². The zero-order chi connectivity index (χ0) is 14.7. The average Bonchev–Trinajstić information content (AvgIpc) is 2.43. The molecule has 5 heteroatoms. The van der Waals surface area contributed by atoms with Crippen LogP contribution in [0.3, 0.4) is 0 Å². The number of rotatable bonds is 3. The Bertz CT molecular complexity index is 637. The molecule has 0 spiro atoms. The fraction of sp³-hybridized carbons (Fsp3) is 0.133. The summed E-state index contributed by atoms with van der Waals surface area (Å²) in [5, 5.41) is 8.68. The molecule has 0 radical (unpaired) electrons. The standard InChI is InChI=1S/C15H11F3N2/c1-2-20(12-5-3-11(16)4-6-12)15-13(17)7-10(9-19)8-14(15)18/h3-8H,2H2,1H3. The zero-order valence-electron chi connectivity index (χ0n) is 10.7. The Hall–Kier alpha value is -2.48. The van der Waals surface area contributed by atoms with Gasteiger partial charge in [0.25, 0.3) is 0 Å². The summed E-state index contributed by atoms with van der Waals surface area (Å²) in [4.78, 5) is 1.38. The zero-order valence-corrected chi connectivity index (χ0v) is 10.7. The minimum Gasteiger partial charge on any atom is -0.337 e. The van der Waals surface area contributed by atoms with E-state index >= 15 is 0 Å². The first-order valence-corrected chi connectivity index (χ1v) is 5.99. The third-order valence-corrected chi connectivity index (χ3v) is 2.87. The summed E-state index contributed by atoms with van der Waals surface area (Å²) in [5.74, 6) is -2.08. The van der Waals surface area contributed by atoms with Gasteiger partial charge in [0.05, 0.1) is 11.6 Å². The third-order valence-electron chi connectivity index (χ3n) is 2.87. The first kappa shape index (κ1) is 13.9. The van der Waals surface area contributed by atoms with E-state index in [1.807, 2.05) is 0 Å². The maximum Gasteiger partial charge on any atom is 0.151 e. The lowest BCUT2D eigenvalue weighted by molar-refractivity contribution is 0.580. The second-order valence-electron chi connectivity index (χ2n) is 4.12. The van der Waals surface area contributed by atoms with Gasteiger partial charge in [-0.05, 0) is 43.3 Å². The second-order valence-corrected chi connectivity index (χ2v) is 4.12. The molecule has 0 bridgehead atoms. The third kappa shape index (κ3) is 2.59. The first-order chi connectivity index (χ1) is 9.56. The molecule has 0 amide bonds. The van der Waals surface area contributed by atoms with Gasteiger partial charge in [-0.1, -0.05) is 0 Å². The molecular formula is C15H11F3N2. The van der Waals surface area contributed by atoms with E-state index in [-0.39, 0.29) is 11.3 Å². The van der Waals surface area contributed by atoms with Crippen LogP contribution in [0, 0.1) is 28.8 Å². The molecule has 0 N–H and O–H groups in total. The van der Waals surface area contributed by atoms with Crippen molar-refractivity contribution in [3.8, 4) is 6.07 Å². The molecule has 2 aromatic carbocycles. The number of hydrogen-bond acceptors (Lipinski definition) is 2. The Morgan fingerprint density at radius 3 is 2.05 bits per heavy atom. The van der Waals surface area contributed by atoms with Crippen LogP contribution < -0.4 is 4.90 Å². The number of anilines is 2. The maximum absolute atomic E-state index is 14.0. The van der Waals surface area contributed by atoms with Crippen LogP contribution in [0.5, 0.6) is 0 Å². The minimum atomic E-state index is -0.826. The highest BCUT2D eigenvalue weighted by molar-refractivity contribution is 5.65. The lowest BCUT2D eigenvalue weighted by atomic mass is 10.1. The molecule has 0 atom stereocenters. The van der Waals surface area contributed by atoms with E-state index in [9.17, 15) is 13.2 Å². The van der Waals surface area contributed by atoms with Gasteiger partial charge in [0.2, 0.25) is 0 Å². The van der Waals surface area contributed by atoms with Crippen LogP contribution in [0.4, 0.5) is 24.5 Å². The monoisotopic (exact) mass is 276 g/mol. The lowest BCUT2D eigenvalue weighted by Crippen LogP contribution is -2.19. The van der Waals surface area contributed by atoms with Crippen LogP contribution in [0.2, 0.25) is 0 Å². The molecule has 0 saturated carbocycles. The van der Waals surface area contributed by atoms with Crippen LogP contribution in [0.1, 0.15) is 12.5 Å². The van der Waals surface area contributed by atoms with Gasteiger partial charge in [-0.25, -0.2) is 13.2 Å². The van der Waals surface area contributed by atoms with Gasteiger partial charge in [-0.2, -0.15) is 5.26 Å². The van der Waals surface area contributed by atoms with Crippen molar-refractivity contribution in [3.63, 3.8) is 0 Å². The summed E-state index contributed by atoms with van der Waals surface area (Å²) in [6.45, 7) is 2.02. The molecule has 2 rings (SSSR count). The summed E-state index contributed by atoms with van der Waals surface area (Å²) in [6, 6.07) is 8.97. The van der Waals surface area contributed by atoms with Crippen LogP contribution in [-0.4, -0.2) is 6.54 Å². The number of nitrogens with zero attached hydrogens (tertiary/aromatic N) is 2. The molecule has 2 nitrogen and oxygen atoms in total. The molecule has 0 unspecified atom stereocenters. The molecule has 0 aliphatic carbocycles. The summed E-state index contributed by atoms with van der Waals surface area (Å²) in [5.41, 5.74) is 0.133. The topological polar surface area (TPSA) is 27.0 Å². The average molecular weight is 276 g/mol. The van der Waals surface area contributed by atoms with E-state index in [1.165, 1.54) is 29.2 Å². The Labute approximate surface area is 114 Å². The molecule has 0 heterocycles. The second kappa shape index (κ2) is 5.66. The molecule has 102 valence electrons. The van der Waals surface area contributed by atoms with Gasteiger partial charge < -0.3 is 4.90 Å². The van der Waals surface area contributed by atoms with Crippen LogP contribution >= 0.6 is 0 Å². The Kier molecular flexibility index (Phi) is 3.94. The highest BCUT2D eigenvalue weighted by atomic mass is 19.1. The van der Waals surface area contributed by atoms with E-state index in [1.54, 1.807) is 13.0 Å². The van der Waals surface area contributed by atoms with Crippen molar-refractivity contribution in [1.29, 1.82) is 5.26 Å². The predicted molar refractivity (Wildman–Crippen MR) is 70.2 cm³/mol. The van der Waals surface area contributed by atoms with Crippen molar-refractivity contribution in [3.05, 3.63) is 59.4 Å². The SMILES string of the molecule is CCN(c1ccc(F)cc1)c1c(F)cc(C#N)cc1F. The van der Waals surface area contributed by atoms with Gasteiger partial charge in [-0.15, -0.1) is 0 Å². The van der Waals surface area contributed by atoms with E-state index < -0.39 is 17.5 Å². The van der Waals surface area contributed by atoms with Crippen LogP contribution in [-0.2, 0) is 0 Å².